The van der Waals surface area contributed by atoms with Crippen molar-refractivity contribution in [2.24, 2.45) is 5.73 Å². The molecule has 0 aliphatic carbocycles. The minimum Gasteiger partial charge on any atom is -0.351 e. The maximum absolute atomic E-state index is 6.56. The molecule has 8 heteroatoms. The molecule has 31 heavy (non-hydrogen) atoms. The molecule has 1 saturated heterocycles. The number of likely N-dealkylation sites (N-methyl/N-ethyl adjacent to an activating group) is 1. The van der Waals surface area contributed by atoms with E-state index < -0.39 is 0 Å². The van der Waals surface area contributed by atoms with E-state index in [-0.39, 0.29) is 0 Å². The molecule has 0 radical (unpaired) electrons. The van der Waals surface area contributed by atoms with Crippen molar-refractivity contribution in [2.45, 2.75) is 39.7 Å². The van der Waals surface area contributed by atoms with Gasteiger partial charge in [-0.2, -0.15) is 9.61 Å². The smallest absolute Gasteiger partial charge is 0.165 e. The van der Waals surface area contributed by atoms with Crippen LogP contribution in [0.5, 0.6) is 0 Å². The van der Waals surface area contributed by atoms with Gasteiger partial charge in [-0.3, -0.25) is 0 Å². The number of rotatable bonds is 6. The molecular formula is C23H30Cl2N6. The van der Waals surface area contributed by atoms with Gasteiger partial charge in [0, 0.05) is 43.0 Å². The Labute approximate surface area is 193 Å². The van der Waals surface area contributed by atoms with Gasteiger partial charge < -0.3 is 15.5 Å². The van der Waals surface area contributed by atoms with Gasteiger partial charge in [-0.1, -0.05) is 36.2 Å². The molecule has 6 nitrogen and oxygen atoms in total. The van der Waals surface area contributed by atoms with Gasteiger partial charge in [0.05, 0.1) is 21.3 Å². The number of aryl methyl sites for hydroxylation is 2. The Morgan fingerprint density at radius 1 is 1.19 bits per heavy atom. The van der Waals surface area contributed by atoms with Gasteiger partial charge in [0.2, 0.25) is 0 Å². The van der Waals surface area contributed by atoms with E-state index in [4.69, 9.17) is 39.0 Å². The normalized spacial score (nSPS) is 17.4. The molecule has 1 aliphatic heterocycles. The van der Waals surface area contributed by atoms with Crippen molar-refractivity contribution < 1.29 is 0 Å². The molecule has 1 atom stereocenters. The Morgan fingerprint density at radius 2 is 1.94 bits per heavy atom. The zero-order chi connectivity index (χ0) is 22.1. The highest BCUT2D eigenvalue weighted by Crippen LogP contribution is 2.39. The fourth-order valence-electron chi connectivity index (χ4n) is 4.66. The topological polar surface area (TPSA) is 62.7 Å². The molecule has 1 unspecified atom stereocenters. The van der Waals surface area contributed by atoms with Crippen molar-refractivity contribution >= 4 is 34.7 Å². The number of nitrogens with two attached hydrogens (primary N) is 1. The summed E-state index contributed by atoms with van der Waals surface area (Å²) in [6, 6.07) is 8.05. The van der Waals surface area contributed by atoms with Crippen molar-refractivity contribution in [1.82, 2.24) is 19.5 Å². The van der Waals surface area contributed by atoms with Gasteiger partial charge in [-0.15, -0.1) is 0 Å². The molecule has 4 rings (SSSR count). The van der Waals surface area contributed by atoms with E-state index in [2.05, 4.69) is 22.8 Å². The van der Waals surface area contributed by atoms with Crippen LogP contribution >= 0.6 is 23.2 Å². The summed E-state index contributed by atoms with van der Waals surface area (Å²) < 4.78 is 1.94. The molecule has 0 bridgehead atoms. The molecule has 0 spiro atoms. The monoisotopic (exact) mass is 460 g/mol. The second kappa shape index (κ2) is 9.33. The Bertz CT molecular complexity index is 1060. The van der Waals surface area contributed by atoms with Crippen molar-refractivity contribution in [2.75, 3.05) is 37.6 Å². The highest BCUT2D eigenvalue weighted by atomic mass is 35.5. The van der Waals surface area contributed by atoms with Crippen molar-refractivity contribution in [3.8, 4) is 11.1 Å². The van der Waals surface area contributed by atoms with E-state index in [1.165, 1.54) is 6.42 Å². The fourth-order valence-corrected chi connectivity index (χ4v) is 5.24. The molecule has 166 valence electrons. The number of anilines is 1. The molecule has 1 fully saturated rings. The van der Waals surface area contributed by atoms with Gasteiger partial charge in [0.1, 0.15) is 5.82 Å². The maximum Gasteiger partial charge on any atom is 0.165 e. The lowest BCUT2D eigenvalue weighted by Crippen LogP contribution is -2.50. The quantitative estimate of drug-likeness (QED) is 0.583. The molecule has 2 aromatic heterocycles. The summed E-state index contributed by atoms with van der Waals surface area (Å²) in [5, 5.41) is 6.09. The summed E-state index contributed by atoms with van der Waals surface area (Å²) in [6.45, 7) is 10.8. The van der Waals surface area contributed by atoms with Crippen molar-refractivity contribution in [1.29, 1.82) is 0 Å². The minimum atomic E-state index is 0.388. The molecule has 0 amide bonds. The first-order valence-electron chi connectivity index (χ1n) is 10.9. The number of halogens is 2. The van der Waals surface area contributed by atoms with Crippen LogP contribution in [-0.2, 0) is 0 Å². The number of hydrogen-bond donors (Lipinski definition) is 1. The summed E-state index contributed by atoms with van der Waals surface area (Å²) in [5.41, 5.74) is 10.3. The number of likely N-dealkylation sites (tertiary alicyclic amines) is 1. The zero-order valence-electron chi connectivity index (χ0n) is 18.4. The summed E-state index contributed by atoms with van der Waals surface area (Å²) in [5.74, 6) is 1.02. The van der Waals surface area contributed by atoms with Crippen LogP contribution in [-0.4, -0.2) is 58.3 Å². The lowest BCUT2D eigenvalue weighted by molar-refractivity contribution is 0.213. The summed E-state index contributed by atoms with van der Waals surface area (Å²) in [6.07, 6.45) is 2.33. The molecule has 3 aromatic rings. The molecule has 1 aromatic carbocycles. The van der Waals surface area contributed by atoms with Crippen LogP contribution in [0, 0.1) is 13.8 Å². The van der Waals surface area contributed by atoms with Gasteiger partial charge >= 0.3 is 0 Å². The molecular weight excluding hydrogens is 431 g/mol. The highest BCUT2D eigenvalue weighted by molar-refractivity contribution is 6.39. The van der Waals surface area contributed by atoms with Crippen LogP contribution in [0.25, 0.3) is 16.8 Å². The summed E-state index contributed by atoms with van der Waals surface area (Å²) >= 11 is 13.1. The summed E-state index contributed by atoms with van der Waals surface area (Å²) in [7, 11) is 0. The third-order valence-corrected chi connectivity index (χ3v) is 6.75. The maximum atomic E-state index is 6.56. The van der Waals surface area contributed by atoms with Gasteiger partial charge in [0.25, 0.3) is 0 Å². The number of fused-ring (bicyclic) bond motifs is 1. The van der Waals surface area contributed by atoms with Gasteiger partial charge in [0.15, 0.2) is 5.65 Å². The average Bonchev–Trinajstić information content (AvgIpc) is 3.07. The van der Waals surface area contributed by atoms with Crippen LogP contribution in [0.4, 0.5) is 5.82 Å². The van der Waals surface area contributed by atoms with Crippen LogP contribution < -0.4 is 10.6 Å². The Hall–Kier alpha value is -1.86. The minimum absolute atomic E-state index is 0.388. The number of hydrogen-bond acceptors (Lipinski definition) is 5. The van der Waals surface area contributed by atoms with E-state index in [0.717, 1.165) is 66.6 Å². The predicted octanol–water partition coefficient (Wildman–Crippen LogP) is 4.57. The van der Waals surface area contributed by atoms with E-state index in [0.29, 0.717) is 22.6 Å². The number of nitrogens with zero attached hydrogens (tertiary/aromatic N) is 5. The third kappa shape index (κ3) is 4.27. The van der Waals surface area contributed by atoms with E-state index in [1.54, 1.807) is 0 Å². The summed E-state index contributed by atoms with van der Waals surface area (Å²) in [4.78, 5) is 9.77. The molecule has 3 heterocycles. The van der Waals surface area contributed by atoms with E-state index in [9.17, 15) is 0 Å². The Morgan fingerprint density at radius 3 is 2.61 bits per heavy atom. The fraction of sp³-hybridized carbons (Fsp3) is 0.478. The third-order valence-electron chi connectivity index (χ3n) is 6.12. The first-order chi connectivity index (χ1) is 14.9. The van der Waals surface area contributed by atoms with Crippen LogP contribution in [0.3, 0.4) is 0 Å². The Balaban J connectivity index is 1.89. The number of piperidine rings is 1. The van der Waals surface area contributed by atoms with Gasteiger partial charge in [-0.05, 0) is 51.9 Å². The largest absolute Gasteiger partial charge is 0.351 e. The standard InChI is InChI=1S/C23H30Cl2N6/c1-4-29-11-6-7-17(14-29)30(12-10-26)20-13-15(2)27-23-21(16(3)28-31(20)23)22-18(24)8-5-9-19(22)25/h5,8-9,13,17H,4,6-7,10-12,14,26H2,1-3H3. The SMILES string of the molecule is CCN1CCCC(N(CCN)c2cc(C)nc3c(-c4c(Cl)cccc4Cl)c(C)nn23)C1. The highest BCUT2D eigenvalue weighted by Gasteiger charge is 2.28. The van der Waals surface area contributed by atoms with Crippen molar-refractivity contribution in [3.63, 3.8) is 0 Å². The van der Waals surface area contributed by atoms with Crippen molar-refractivity contribution in [3.05, 3.63) is 45.7 Å². The lowest BCUT2D eigenvalue weighted by Gasteiger charge is -2.40. The second-order valence-electron chi connectivity index (χ2n) is 8.22. The molecule has 1 aliphatic rings. The van der Waals surface area contributed by atoms with E-state index in [1.807, 2.05) is 36.6 Å². The first-order valence-corrected chi connectivity index (χ1v) is 11.7. The molecule has 2 N–H and O–H groups in total. The van der Waals surface area contributed by atoms with Crippen LogP contribution in [0.1, 0.15) is 31.2 Å². The molecule has 0 saturated carbocycles. The van der Waals surface area contributed by atoms with Crippen LogP contribution in [0.15, 0.2) is 24.3 Å². The number of aromatic nitrogens is 3. The van der Waals surface area contributed by atoms with E-state index >= 15 is 0 Å². The van der Waals surface area contributed by atoms with Gasteiger partial charge in [-0.25, -0.2) is 4.98 Å². The zero-order valence-corrected chi connectivity index (χ0v) is 19.9. The lowest BCUT2D eigenvalue weighted by atomic mass is 10.0. The number of benzene rings is 1. The predicted molar refractivity (Wildman–Crippen MR) is 129 cm³/mol. The van der Waals surface area contributed by atoms with Crippen LogP contribution in [0.2, 0.25) is 10.0 Å². The Kier molecular flexibility index (Phi) is 6.72. The first kappa shape index (κ1) is 22.3. The second-order valence-corrected chi connectivity index (χ2v) is 9.03. The average molecular weight is 461 g/mol.